The minimum Gasteiger partial charge on any atom is -0.508 e. The summed E-state index contributed by atoms with van der Waals surface area (Å²) >= 11 is 0. The van der Waals surface area contributed by atoms with E-state index in [1.54, 1.807) is 97.1 Å². The van der Waals surface area contributed by atoms with Gasteiger partial charge in [0.05, 0.1) is 18.1 Å². The summed E-state index contributed by atoms with van der Waals surface area (Å²) in [7, 11) is 0. The van der Waals surface area contributed by atoms with E-state index in [0.717, 1.165) is 0 Å². The summed E-state index contributed by atoms with van der Waals surface area (Å²) in [6.07, 6.45) is -2.13. The number of phenolic OH excluding ortho intramolecular Hbond substituents is 8. The van der Waals surface area contributed by atoms with Gasteiger partial charge < -0.3 is 50.3 Å². The van der Waals surface area contributed by atoms with E-state index in [-0.39, 0.29) is 46.0 Å². The van der Waals surface area contributed by atoms with Crippen molar-refractivity contribution < 1.29 is 50.3 Å². The van der Waals surface area contributed by atoms with E-state index < -0.39 is 36.1 Å². The number of hydrogen-bond donors (Lipinski definition) is 8. The summed E-state index contributed by atoms with van der Waals surface area (Å²) in [5.74, 6) is -2.10. The highest BCUT2D eigenvalue weighted by Crippen LogP contribution is 2.62. The molecule has 6 atom stereocenters. The fourth-order valence-electron chi connectivity index (χ4n) is 7.81. The third kappa shape index (κ3) is 5.88. The van der Waals surface area contributed by atoms with E-state index in [1.807, 2.05) is 6.07 Å². The van der Waals surface area contributed by atoms with Crippen molar-refractivity contribution in [3.63, 3.8) is 0 Å². The summed E-state index contributed by atoms with van der Waals surface area (Å²) in [6, 6.07) is 31.6. The standard InChI is InChI=1S/C42H34O10/c43-26-7-1-21(2-8-26)40-37(24-13-29(46)17-30(47)14-24)34-19-33(35(50)20-36(34)51-40)39-38(25-15-31(48)18-32(49)16-25)41(22-3-9-27(44)10-4-22)52-42(39)23-5-11-28(45)12-6-23/h1-20,37-50H. The summed E-state index contributed by atoms with van der Waals surface area (Å²) in [4.78, 5) is 0. The van der Waals surface area contributed by atoms with Crippen LogP contribution in [0, 0.1) is 0 Å². The van der Waals surface area contributed by atoms with Crippen molar-refractivity contribution in [2.45, 2.75) is 36.1 Å². The molecule has 2 aliphatic heterocycles. The highest BCUT2D eigenvalue weighted by atomic mass is 16.5. The molecule has 6 aromatic rings. The number of fused-ring (bicyclic) bond motifs is 1. The molecule has 10 heteroatoms. The van der Waals surface area contributed by atoms with E-state index in [4.69, 9.17) is 9.47 Å². The Morgan fingerprint density at radius 1 is 0.346 bits per heavy atom. The molecule has 0 aromatic heterocycles. The van der Waals surface area contributed by atoms with Crippen molar-refractivity contribution in [1.29, 1.82) is 0 Å². The lowest BCUT2D eigenvalue weighted by Gasteiger charge is -2.27. The number of ether oxygens (including phenoxy) is 2. The van der Waals surface area contributed by atoms with Gasteiger partial charge in [-0.05, 0) is 94.5 Å². The first-order chi connectivity index (χ1) is 25.0. The molecule has 6 unspecified atom stereocenters. The van der Waals surface area contributed by atoms with Gasteiger partial charge >= 0.3 is 0 Å². The van der Waals surface area contributed by atoms with Crippen LogP contribution in [-0.4, -0.2) is 40.9 Å². The number of phenols is 8. The number of rotatable bonds is 6. The molecule has 10 nitrogen and oxygen atoms in total. The second kappa shape index (κ2) is 12.7. The molecule has 0 bridgehead atoms. The Balaban J connectivity index is 1.35. The Hall–Kier alpha value is -6.52. The van der Waals surface area contributed by atoms with Crippen LogP contribution in [-0.2, 0) is 4.74 Å². The summed E-state index contributed by atoms with van der Waals surface area (Å²) in [6.45, 7) is 0. The fourth-order valence-corrected chi connectivity index (χ4v) is 7.81. The smallest absolute Gasteiger partial charge is 0.135 e. The zero-order valence-corrected chi connectivity index (χ0v) is 27.4. The first-order valence-corrected chi connectivity index (χ1v) is 16.6. The van der Waals surface area contributed by atoms with Gasteiger partial charge in [0.15, 0.2) is 0 Å². The molecule has 1 fully saturated rings. The van der Waals surface area contributed by atoms with E-state index in [2.05, 4.69) is 0 Å². The quantitative estimate of drug-likeness (QED) is 0.0850. The van der Waals surface area contributed by atoms with Gasteiger partial charge in [0.25, 0.3) is 0 Å². The molecule has 52 heavy (non-hydrogen) atoms. The molecular formula is C42H34O10. The lowest BCUT2D eigenvalue weighted by atomic mass is 9.73. The number of benzene rings is 6. The lowest BCUT2D eigenvalue weighted by molar-refractivity contribution is 0.0365. The predicted octanol–water partition coefficient (Wildman–Crippen LogP) is 7.98. The van der Waals surface area contributed by atoms with Crippen LogP contribution >= 0.6 is 0 Å². The second-order valence-electron chi connectivity index (χ2n) is 13.3. The summed E-state index contributed by atoms with van der Waals surface area (Å²) < 4.78 is 13.4. The average molecular weight is 699 g/mol. The highest BCUT2D eigenvalue weighted by molar-refractivity contribution is 5.59. The molecule has 0 radical (unpaired) electrons. The van der Waals surface area contributed by atoms with Crippen LogP contribution in [0.3, 0.4) is 0 Å². The van der Waals surface area contributed by atoms with Gasteiger partial charge in [-0.1, -0.05) is 36.4 Å². The van der Waals surface area contributed by atoms with Crippen molar-refractivity contribution in [2.24, 2.45) is 0 Å². The Morgan fingerprint density at radius 2 is 0.769 bits per heavy atom. The molecule has 0 spiro atoms. The van der Waals surface area contributed by atoms with Crippen LogP contribution in [0.4, 0.5) is 0 Å². The van der Waals surface area contributed by atoms with Gasteiger partial charge in [-0.3, -0.25) is 0 Å². The van der Waals surface area contributed by atoms with E-state index in [9.17, 15) is 40.9 Å². The van der Waals surface area contributed by atoms with Crippen molar-refractivity contribution in [1.82, 2.24) is 0 Å². The van der Waals surface area contributed by atoms with Crippen LogP contribution in [0.25, 0.3) is 0 Å². The SMILES string of the molecule is Oc1ccc(C2Oc3cc(O)c(C4C(c5ccc(O)cc5)OC(c5ccc(O)cc5)C4c4cc(O)cc(O)c4)cc3C2c2cc(O)cc(O)c2)cc1. The fraction of sp³-hybridized carbons (Fsp3) is 0.143. The summed E-state index contributed by atoms with van der Waals surface area (Å²) in [5.41, 5.74) is 4.25. The van der Waals surface area contributed by atoms with Crippen LogP contribution in [0.5, 0.6) is 51.7 Å². The van der Waals surface area contributed by atoms with Gasteiger partial charge in [0.2, 0.25) is 0 Å². The Morgan fingerprint density at radius 3 is 1.25 bits per heavy atom. The van der Waals surface area contributed by atoms with E-state index in [1.165, 1.54) is 18.2 Å². The maximum absolute atomic E-state index is 11.9. The Kier molecular flexibility index (Phi) is 7.96. The van der Waals surface area contributed by atoms with Crippen LogP contribution in [0.1, 0.15) is 75.0 Å². The minimum atomic E-state index is -0.740. The average Bonchev–Trinajstić information content (AvgIpc) is 3.67. The Bertz CT molecular complexity index is 2230. The normalized spacial score (nSPS) is 22.2. The van der Waals surface area contributed by atoms with Gasteiger partial charge in [-0.2, -0.15) is 0 Å². The molecule has 0 amide bonds. The third-order valence-electron chi connectivity index (χ3n) is 10.0. The van der Waals surface area contributed by atoms with Crippen molar-refractivity contribution in [3.8, 4) is 51.7 Å². The summed E-state index contributed by atoms with van der Waals surface area (Å²) in [5, 5.41) is 84.7. The number of hydrogen-bond acceptors (Lipinski definition) is 10. The van der Waals surface area contributed by atoms with Gasteiger partial charge in [0.1, 0.15) is 57.8 Å². The van der Waals surface area contributed by atoms with Crippen LogP contribution in [0.2, 0.25) is 0 Å². The monoisotopic (exact) mass is 698 g/mol. The molecule has 8 N–H and O–H groups in total. The first-order valence-electron chi connectivity index (χ1n) is 16.6. The topological polar surface area (TPSA) is 180 Å². The first kappa shape index (κ1) is 32.7. The van der Waals surface area contributed by atoms with Crippen LogP contribution in [0.15, 0.2) is 121 Å². The largest absolute Gasteiger partial charge is 0.508 e. The Labute approximate surface area is 297 Å². The highest BCUT2D eigenvalue weighted by Gasteiger charge is 2.49. The molecule has 2 aliphatic rings. The molecule has 0 saturated carbocycles. The molecule has 8 rings (SSSR count). The molecule has 6 aromatic carbocycles. The molecule has 0 aliphatic carbocycles. The van der Waals surface area contributed by atoms with Gasteiger partial charge in [-0.15, -0.1) is 0 Å². The molecular weight excluding hydrogens is 664 g/mol. The molecule has 262 valence electrons. The van der Waals surface area contributed by atoms with Gasteiger partial charge in [0, 0.05) is 41.2 Å². The molecule has 2 heterocycles. The minimum absolute atomic E-state index is 0.0536. The van der Waals surface area contributed by atoms with E-state index >= 15 is 0 Å². The van der Waals surface area contributed by atoms with Crippen LogP contribution < -0.4 is 4.74 Å². The predicted molar refractivity (Wildman–Crippen MR) is 189 cm³/mol. The second-order valence-corrected chi connectivity index (χ2v) is 13.3. The van der Waals surface area contributed by atoms with Crippen molar-refractivity contribution in [3.05, 3.63) is 160 Å². The van der Waals surface area contributed by atoms with Crippen molar-refractivity contribution >= 4 is 0 Å². The van der Waals surface area contributed by atoms with Gasteiger partial charge in [-0.25, -0.2) is 0 Å². The zero-order valence-electron chi connectivity index (χ0n) is 27.4. The molecule has 1 saturated heterocycles. The lowest BCUT2D eigenvalue weighted by Crippen LogP contribution is -2.15. The van der Waals surface area contributed by atoms with Crippen molar-refractivity contribution in [2.75, 3.05) is 0 Å². The third-order valence-corrected chi connectivity index (χ3v) is 10.0. The maximum atomic E-state index is 11.9. The number of aromatic hydroxyl groups is 8. The maximum Gasteiger partial charge on any atom is 0.135 e. The zero-order chi connectivity index (χ0) is 36.3. The van der Waals surface area contributed by atoms with E-state index in [0.29, 0.717) is 44.7 Å².